The number of esters is 1. The second kappa shape index (κ2) is 7.14. The third-order valence-corrected chi connectivity index (χ3v) is 3.27. The van der Waals surface area contributed by atoms with Gasteiger partial charge in [-0.05, 0) is 37.8 Å². The minimum absolute atomic E-state index is 0.357. The van der Waals surface area contributed by atoms with Crippen LogP contribution < -0.4 is 10.5 Å². The first-order chi connectivity index (χ1) is 9.69. The van der Waals surface area contributed by atoms with E-state index in [-0.39, 0.29) is 5.97 Å². The number of hydrogen-bond acceptors (Lipinski definition) is 5. The molecule has 1 aliphatic heterocycles. The quantitative estimate of drug-likeness (QED) is 0.661. The Morgan fingerprint density at radius 2 is 2.10 bits per heavy atom. The molecule has 0 bridgehead atoms. The van der Waals surface area contributed by atoms with Gasteiger partial charge in [-0.3, -0.25) is 0 Å². The summed E-state index contributed by atoms with van der Waals surface area (Å²) in [4.78, 5) is 12.0. The van der Waals surface area contributed by atoms with Gasteiger partial charge < -0.3 is 19.9 Å². The lowest BCUT2D eigenvalue weighted by Gasteiger charge is -2.21. The zero-order chi connectivity index (χ0) is 14.4. The number of ether oxygens (including phenoxy) is 3. The molecule has 1 aromatic rings. The van der Waals surface area contributed by atoms with Gasteiger partial charge in [0.25, 0.3) is 0 Å². The molecule has 5 nitrogen and oxygen atoms in total. The van der Waals surface area contributed by atoms with Crippen LogP contribution >= 0.6 is 0 Å². The number of carbonyl (C=O) groups excluding carboxylic acids is 1. The van der Waals surface area contributed by atoms with Gasteiger partial charge in [-0.1, -0.05) is 0 Å². The fraction of sp³-hybridized carbons (Fsp3) is 0.533. The molecule has 0 spiro atoms. The Morgan fingerprint density at radius 1 is 1.35 bits per heavy atom. The monoisotopic (exact) mass is 279 g/mol. The fourth-order valence-electron chi connectivity index (χ4n) is 2.18. The average Bonchev–Trinajstić information content (AvgIpc) is 2.45. The second-order valence-corrected chi connectivity index (χ2v) is 4.88. The molecule has 0 atom stereocenters. The van der Waals surface area contributed by atoms with Crippen molar-refractivity contribution in [2.45, 2.75) is 19.8 Å². The number of nitrogens with two attached hydrogens (primary N) is 1. The van der Waals surface area contributed by atoms with Crippen LogP contribution in [0.4, 0.5) is 5.69 Å². The number of anilines is 1. The molecular formula is C15H21NO4. The van der Waals surface area contributed by atoms with Gasteiger partial charge in [-0.2, -0.15) is 0 Å². The highest BCUT2D eigenvalue weighted by Gasteiger charge is 2.17. The van der Waals surface area contributed by atoms with Crippen molar-refractivity contribution in [1.82, 2.24) is 0 Å². The molecule has 0 unspecified atom stereocenters. The average molecular weight is 279 g/mol. The predicted octanol–water partition coefficient (Wildman–Crippen LogP) is 2.25. The van der Waals surface area contributed by atoms with Gasteiger partial charge in [-0.25, -0.2) is 4.79 Å². The van der Waals surface area contributed by atoms with Gasteiger partial charge in [0.15, 0.2) is 0 Å². The van der Waals surface area contributed by atoms with Crippen molar-refractivity contribution >= 4 is 11.7 Å². The van der Waals surface area contributed by atoms with Crippen LogP contribution in [0.5, 0.6) is 5.75 Å². The summed E-state index contributed by atoms with van der Waals surface area (Å²) in [7, 11) is 0. The van der Waals surface area contributed by atoms with Crippen LogP contribution in [0.1, 0.15) is 30.1 Å². The molecule has 1 aliphatic rings. The molecule has 5 heteroatoms. The lowest BCUT2D eigenvalue weighted by Crippen LogP contribution is -2.22. The third kappa shape index (κ3) is 4.13. The number of nitrogen functional groups attached to an aromatic ring is 1. The molecule has 0 amide bonds. The fourth-order valence-corrected chi connectivity index (χ4v) is 2.18. The number of rotatable bonds is 5. The maximum atomic E-state index is 12.0. The minimum atomic E-state index is -0.357. The standard InChI is InChI=1S/C15H21NO4/c1-2-19-14-8-12(7-13(16)9-14)15(17)20-10-11-3-5-18-6-4-11/h7-9,11H,2-6,10,16H2,1H3. The highest BCUT2D eigenvalue weighted by molar-refractivity contribution is 5.91. The maximum absolute atomic E-state index is 12.0. The van der Waals surface area contributed by atoms with Crippen LogP contribution in [-0.2, 0) is 9.47 Å². The second-order valence-electron chi connectivity index (χ2n) is 4.88. The zero-order valence-electron chi connectivity index (χ0n) is 11.8. The smallest absolute Gasteiger partial charge is 0.338 e. The van der Waals surface area contributed by atoms with Crippen molar-refractivity contribution < 1.29 is 19.0 Å². The largest absolute Gasteiger partial charge is 0.494 e. The molecule has 1 fully saturated rings. The van der Waals surface area contributed by atoms with E-state index in [0.717, 1.165) is 26.1 Å². The van der Waals surface area contributed by atoms with Gasteiger partial charge in [0.1, 0.15) is 5.75 Å². The third-order valence-electron chi connectivity index (χ3n) is 3.27. The first-order valence-corrected chi connectivity index (χ1v) is 6.97. The van der Waals surface area contributed by atoms with Crippen LogP contribution in [-0.4, -0.2) is 32.4 Å². The van der Waals surface area contributed by atoms with Crippen molar-refractivity contribution in [2.24, 2.45) is 5.92 Å². The summed E-state index contributed by atoms with van der Waals surface area (Å²) in [5.74, 6) is 0.621. The summed E-state index contributed by atoms with van der Waals surface area (Å²) >= 11 is 0. The topological polar surface area (TPSA) is 70.8 Å². The van der Waals surface area contributed by atoms with E-state index in [9.17, 15) is 4.79 Å². The molecule has 20 heavy (non-hydrogen) atoms. The summed E-state index contributed by atoms with van der Waals surface area (Å²) in [6.45, 7) is 4.33. The van der Waals surface area contributed by atoms with E-state index in [0.29, 0.717) is 36.1 Å². The first-order valence-electron chi connectivity index (χ1n) is 6.97. The minimum Gasteiger partial charge on any atom is -0.494 e. The highest BCUT2D eigenvalue weighted by Crippen LogP contribution is 2.21. The summed E-state index contributed by atoms with van der Waals surface area (Å²) < 4.78 is 16.0. The number of hydrogen-bond donors (Lipinski definition) is 1. The molecule has 1 aromatic carbocycles. The van der Waals surface area contributed by atoms with Crippen molar-refractivity contribution in [3.05, 3.63) is 23.8 Å². The van der Waals surface area contributed by atoms with Crippen LogP contribution in [0.2, 0.25) is 0 Å². The van der Waals surface area contributed by atoms with E-state index < -0.39 is 0 Å². The van der Waals surface area contributed by atoms with E-state index in [1.807, 2.05) is 6.92 Å². The van der Waals surface area contributed by atoms with Crippen molar-refractivity contribution in [3.63, 3.8) is 0 Å². The summed E-state index contributed by atoms with van der Waals surface area (Å²) in [6, 6.07) is 4.96. The first kappa shape index (κ1) is 14.7. The summed E-state index contributed by atoms with van der Waals surface area (Å²) in [5.41, 5.74) is 6.69. The maximum Gasteiger partial charge on any atom is 0.338 e. The summed E-state index contributed by atoms with van der Waals surface area (Å²) in [6.07, 6.45) is 1.88. The Kier molecular flexibility index (Phi) is 5.24. The molecule has 0 aliphatic carbocycles. The van der Waals surface area contributed by atoms with E-state index in [4.69, 9.17) is 19.9 Å². The lowest BCUT2D eigenvalue weighted by molar-refractivity contribution is 0.0185. The van der Waals surface area contributed by atoms with E-state index in [2.05, 4.69) is 0 Å². The Labute approximate surface area is 119 Å². The Bertz CT molecular complexity index is 455. The van der Waals surface area contributed by atoms with Crippen molar-refractivity contribution in [3.8, 4) is 5.75 Å². The van der Waals surface area contributed by atoms with Crippen LogP contribution in [0.15, 0.2) is 18.2 Å². The van der Waals surface area contributed by atoms with Gasteiger partial charge >= 0.3 is 5.97 Å². The molecule has 0 aromatic heterocycles. The van der Waals surface area contributed by atoms with Gasteiger partial charge in [0, 0.05) is 25.0 Å². The molecule has 2 N–H and O–H groups in total. The van der Waals surface area contributed by atoms with Gasteiger partial charge in [0.2, 0.25) is 0 Å². The molecule has 0 saturated carbocycles. The van der Waals surface area contributed by atoms with Gasteiger partial charge in [-0.15, -0.1) is 0 Å². The van der Waals surface area contributed by atoms with E-state index in [1.165, 1.54) is 0 Å². The molecule has 2 rings (SSSR count). The Morgan fingerprint density at radius 3 is 2.80 bits per heavy atom. The Balaban J connectivity index is 1.93. The zero-order valence-corrected chi connectivity index (χ0v) is 11.8. The summed E-state index contributed by atoms with van der Waals surface area (Å²) in [5, 5.41) is 0. The Hall–Kier alpha value is -1.75. The molecule has 0 radical (unpaired) electrons. The van der Waals surface area contributed by atoms with Gasteiger partial charge in [0.05, 0.1) is 18.8 Å². The SMILES string of the molecule is CCOc1cc(N)cc(C(=O)OCC2CCOCC2)c1. The van der Waals surface area contributed by atoms with E-state index in [1.54, 1.807) is 18.2 Å². The predicted molar refractivity (Wildman–Crippen MR) is 75.8 cm³/mol. The van der Waals surface area contributed by atoms with Crippen LogP contribution in [0.3, 0.4) is 0 Å². The molecular weight excluding hydrogens is 258 g/mol. The van der Waals surface area contributed by atoms with Crippen LogP contribution in [0, 0.1) is 5.92 Å². The highest BCUT2D eigenvalue weighted by atomic mass is 16.5. The van der Waals surface area contributed by atoms with Crippen LogP contribution in [0.25, 0.3) is 0 Å². The molecule has 1 heterocycles. The molecule has 1 saturated heterocycles. The normalized spacial score (nSPS) is 15.8. The number of benzene rings is 1. The van der Waals surface area contributed by atoms with Crippen molar-refractivity contribution in [1.29, 1.82) is 0 Å². The van der Waals surface area contributed by atoms with Crippen molar-refractivity contribution in [2.75, 3.05) is 32.2 Å². The lowest BCUT2D eigenvalue weighted by atomic mass is 10.0. The van der Waals surface area contributed by atoms with E-state index >= 15 is 0 Å². The number of carbonyl (C=O) groups is 1. The molecule has 110 valence electrons.